The molecule has 10 rings (SSSR count). The van der Waals surface area contributed by atoms with Crippen LogP contribution in [0.4, 0.5) is 17.3 Å². The van der Waals surface area contributed by atoms with Gasteiger partial charge in [-0.25, -0.2) is 9.97 Å². The molecule has 4 unspecified atom stereocenters. The zero-order valence-electron chi connectivity index (χ0n) is 31.2. The Morgan fingerprint density at radius 1 is 0.736 bits per heavy atom. The van der Waals surface area contributed by atoms with Crippen LogP contribution in [0, 0.1) is 48.5 Å². The Balaban J connectivity index is 0.00000372. The number of benzene rings is 4. The van der Waals surface area contributed by atoms with Crippen LogP contribution in [-0.2, 0) is 31.9 Å². The summed E-state index contributed by atoms with van der Waals surface area (Å²) in [5, 5.41) is 2.52. The summed E-state index contributed by atoms with van der Waals surface area (Å²) in [6.07, 6.45) is 14.1. The molecule has 0 amide bonds. The number of para-hydroxylation sites is 2. The normalized spacial score (nSPS) is 25.3. The van der Waals surface area contributed by atoms with Gasteiger partial charge in [0.1, 0.15) is 11.6 Å². The molecule has 3 aliphatic carbocycles. The molecule has 6 aromatic rings. The first-order chi connectivity index (χ1) is 25.3. The molecule has 0 spiro atoms. The third kappa shape index (κ3) is 5.27. The van der Waals surface area contributed by atoms with Crippen molar-refractivity contribution in [1.29, 1.82) is 0 Å². The Labute approximate surface area is 329 Å². The van der Waals surface area contributed by atoms with Gasteiger partial charge in [-0.1, -0.05) is 75.9 Å². The minimum atomic E-state index is -0.209. The van der Waals surface area contributed by atoms with Crippen LogP contribution < -0.4 is 9.80 Å². The van der Waals surface area contributed by atoms with Crippen LogP contribution in [0.2, 0.25) is 0 Å². The van der Waals surface area contributed by atoms with Crippen LogP contribution in [0.5, 0.6) is 0 Å². The minimum absolute atomic E-state index is 0. The van der Waals surface area contributed by atoms with Crippen molar-refractivity contribution in [1.82, 2.24) is 14.5 Å². The summed E-state index contributed by atoms with van der Waals surface area (Å²) in [7, 11) is 2.06. The van der Waals surface area contributed by atoms with E-state index in [1.807, 2.05) is 6.07 Å². The molecule has 0 saturated heterocycles. The monoisotopic (exact) mass is 876 g/mol. The molecule has 5 nitrogen and oxygen atoms in total. The second kappa shape index (κ2) is 13.1. The molecular formula is C47H47N5Pt. The van der Waals surface area contributed by atoms with Gasteiger partial charge in [-0.2, -0.15) is 71.3 Å². The molecule has 4 aromatic carbocycles. The average Bonchev–Trinajstić information content (AvgIpc) is 3.80. The maximum Gasteiger partial charge on any atom is 4.00 e. The summed E-state index contributed by atoms with van der Waals surface area (Å²) in [5.74, 6) is 4.27. The molecule has 270 valence electrons. The van der Waals surface area contributed by atoms with Crippen molar-refractivity contribution in [2.45, 2.75) is 83.0 Å². The third-order valence-electron chi connectivity index (χ3n) is 13.3. The van der Waals surface area contributed by atoms with Gasteiger partial charge in [-0.05, 0) is 78.7 Å². The van der Waals surface area contributed by atoms with E-state index in [0.29, 0.717) is 11.8 Å². The zero-order valence-corrected chi connectivity index (χ0v) is 33.5. The van der Waals surface area contributed by atoms with Gasteiger partial charge in [0.15, 0.2) is 0 Å². The van der Waals surface area contributed by atoms with E-state index in [2.05, 4.69) is 134 Å². The molecular weight excluding hydrogens is 830 g/mol. The van der Waals surface area contributed by atoms with Gasteiger partial charge in [0, 0.05) is 17.9 Å². The van der Waals surface area contributed by atoms with E-state index in [1.54, 1.807) is 12.4 Å². The smallest absolute Gasteiger partial charge is 0.487 e. The Morgan fingerprint density at radius 3 is 2.15 bits per heavy atom. The predicted octanol–water partition coefficient (Wildman–Crippen LogP) is 10.9. The standard InChI is InChI=1S/C47H47N5.Pt/c1-46(2,3)32-26-33(28-35(27-32)51-30-50(4)44-45(51)49-25-24-48-44)47(40-19-11-8-16-36(40)37-17-9-12-20-41(37)47)31-22-23-39-38-18-10-13-21-42(38)52(43(39)29-31)34-14-6-5-7-15-34;/h5-7,10,13-14,18,21-27,30,36-37,40-41H,8-9,11-12,16-17,19-20H2,1-4H3;/q-4;+4. The quantitative estimate of drug-likeness (QED) is 0.165. The van der Waals surface area contributed by atoms with Crippen LogP contribution in [0.3, 0.4) is 0 Å². The van der Waals surface area contributed by atoms with Crippen LogP contribution in [0.1, 0.15) is 88.8 Å². The van der Waals surface area contributed by atoms with E-state index in [1.165, 1.54) is 84.3 Å². The van der Waals surface area contributed by atoms with Crippen molar-refractivity contribution >= 4 is 39.1 Å². The zero-order chi connectivity index (χ0) is 35.2. The maximum absolute atomic E-state index is 4.85. The second-order valence-corrected chi connectivity index (χ2v) is 16.9. The van der Waals surface area contributed by atoms with Crippen molar-refractivity contribution in [2.24, 2.45) is 23.7 Å². The molecule has 4 atom stereocenters. The van der Waals surface area contributed by atoms with Crippen molar-refractivity contribution in [3.05, 3.63) is 127 Å². The first-order valence-corrected chi connectivity index (χ1v) is 19.5. The molecule has 3 heterocycles. The van der Waals surface area contributed by atoms with Crippen LogP contribution >= 0.6 is 0 Å². The Morgan fingerprint density at radius 2 is 1.43 bits per heavy atom. The molecule has 53 heavy (non-hydrogen) atoms. The average molecular weight is 877 g/mol. The van der Waals surface area contributed by atoms with E-state index in [-0.39, 0.29) is 31.9 Å². The van der Waals surface area contributed by atoms with E-state index < -0.39 is 0 Å². The third-order valence-corrected chi connectivity index (χ3v) is 13.3. The molecule has 4 aliphatic rings. The fourth-order valence-corrected chi connectivity index (χ4v) is 11.1. The number of fused-ring (bicyclic) bond motifs is 7. The molecule has 3 saturated carbocycles. The number of hydrogen-bond acceptors (Lipinski definition) is 4. The van der Waals surface area contributed by atoms with E-state index in [4.69, 9.17) is 9.97 Å². The van der Waals surface area contributed by atoms with Gasteiger partial charge in [0.25, 0.3) is 0 Å². The summed E-state index contributed by atoms with van der Waals surface area (Å²) >= 11 is 0. The van der Waals surface area contributed by atoms with Gasteiger partial charge < -0.3 is 14.4 Å². The topological polar surface area (TPSA) is 37.2 Å². The number of hydrogen-bond donors (Lipinski definition) is 0. The van der Waals surface area contributed by atoms with Gasteiger partial charge >= 0.3 is 21.1 Å². The SMILES string of the molecule is CN1[CH-]N(c2[c-]c(C3(c4[c-]c5c(cc4)c4ccccc4n5-c4[c-]cccc4)C4CCCCC4C4CCCCC43)cc(C(C)(C)C)c2)c2nccnc21.[Pt+4]. The Hall–Kier alpha value is -3.95. The summed E-state index contributed by atoms with van der Waals surface area (Å²) in [6, 6.07) is 39.1. The van der Waals surface area contributed by atoms with Crippen LogP contribution in [0.15, 0.2) is 85.2 Å². The number of aromatic nitrogens is 3. The fourth-order valence-electron chi connectivity index (χ4n) is 11.1. The second-order valence-electron chi connectivity index (χ2n) is 16.9. The number of nitrogens with zero attached hydrogens (tertiary/aromatic N) is 5. The largest absolute Gasteiger partial charge is 4.00 e. The summed E-state index contributed by atoms with van der Waals surface area (Å²) in [5.41, 5.74) is 8.23. The maximum atomic E-state index is 4.85. The predicted molar refractivity (Wildman–Crippen MR) is 211 cm³/mol. The van der Waals surface area contributed by atoms with E-state index in [0.717, 1.165) is 40.4 Å². The van der Waals surface area contributed by atoms with Crippen molar-refractivity contribution in [3.8, 4) is 5.69 Å². The van der Waals surface area contributed by atoms with Gasteiger partial charge in [0.2, 0.25) is 0 Å². The molecule has 2 aromatic heterocycles. The minimum Gasteiger partial charge on any atom is -0.487 e. The number of anilines is 3. The molecule has 0 radical (unpaired) electrons. The summed E-state index contributed by atoms with van der Waals surface area (Å²) in [4.78, 5) is 13.9. The Kier molecular flexibility index (Phi) is 8.61. The number of rotatable bonds is 4. The summed E-state index contributed by atoms with van der Waals surface area (Å²) in [6.45, 7) is 9.19. The summed E-state index contributed by atoms with van der Waals surface area (Å²) < 4.78 is 2.40. The molecule has 1 aliphatic heterocycles. The van der Waals surface area contributed by atoms with Crippen molar-refractivity contribution < 1.29 is 21.1 Å². The van der Waals surface area contributed by atoms with Gasteiger partial charge in [0.05, 0.1) is 0 Å². The first kappa shape index (κ1) is 34.8. The fraction of sp³-hybridized carbons (Fsp3) is 0.383. The Bertz CT molecular complexity index is 2280. The molecule has 0 bridgehead atoms. The van der Waals surface area contributed by atoms with Gasteiger partial charge in [-0.3, -0.25) is 0 Å². The molecule has 6 heteroatoms. The molecule has 3 fully saturated rings. The van der Waals surface area contributed by atoms with E-state index in [9.17, 15) is 0 Å². The van der Waals surface area contributed by atoms with Crippen LogP contribution in [0.25, 0.3) is 27.5 Å². The van der Waals surface area contributed by atoms with Crippen molar-refractivity contribution in [2.75, 3.05) is 16.8 Å². The molecule has 0 N–H and O–H groups in total. The van der Waals surface area contributed by atoms with Gasteiger partial charge in [-0.15, -0.1) is 29.9 Å². The van der Waals surface area contributed by atoms with Crippen molar-refractivity contribution in [3.63, 3.8) is 0 Å². The van der Waals surface area contributed by atoms with Crippen LogP contribution in [-0.4, -0.2) is 21.6 Å². The van der Waals surface area contributed by atoms with E-state index >= 15 is 0 Å². The first-order valence-electron chi connectivity index (χ1n) is 19.5.